The van der Waals surface area contributed by atoms with E-state index in [1.165, 1.54) is 36.3 Å². The van der Waals surface area contributed by atoms with Crippen molar-refractivity contribution in [3.8, 4) is 5.75 Å². The minimum Gasteiger partial charge on any atom is -0.495 e. The number of carbonyl (C=O) groups excluding carboxylic acids is 3. The predicted octanol–water partition coefficient (Wildman–Crippen LogP) is 3.81. The molecule has 1 fully saturated rings. The Morgan fingerprint density at radius 3 is 2.41 bits per heavy atom. The normalized spacial score (nSPS) is 14.5. The van der Waals surface area contributed by atoms with Crippen molar-refractivity contribution in [2.45, 2.75) is 44.2 Å². The largest absolute Gasteiger partial charge is 0.495 e. The monoisotopic (exact) mass is 525 g/mol. The third kappa shape index (κ3) is 5.56. The molecule has 1 heterocycles. The summed E-state index contributed by atoms with van der Waals surface area (Å²) in [6.07, 6.45) is 4.75. The Morgan fingerprint density at radius 2 is 1.78 bits per heavy atom. The van der Waals surface area contributed by atoms with Gasteiger partial charge in [-0.1, -0.05) is 43.5 Å². The summed E-state index contributed by atoms with van der Waals surface area (Å²) < 4.78 is 23.3. The van der Waals surface area contributed by atoms with E-state index in [1.807, 2.05) is 0 Å². The highest BCUT2D eigenvalue weighted by molar-refractivity contribution is 7.09. The van der Waals surface area contributed by atoms with Gasteiger partial charge in [-0.05, 0) is 54.2 Å². The first-order valence-electron chi connectivity index (χ1n) is 11.9. The van der Waals surface area contributed by atoms with Crippen molar-refractivity contribution in [2.24, 2.45) is 5.73 Å². The molecule has 11 heteroatoms. The molecule has 3 amide bonds. The van der Waals surface area contributed by atoms with Crippen molar-refractivity contribution < 1.29 is 23.5 Å². The zero-order chi connectivity index (χ0) is 26.5. The van der Waals surface area contributed by atoms with Crippen molar-refractivity contribution in [1.29, 1.82) is 0 Å². The van der Waals surface area contributed by atoms with Gasteiger partial charge in [0.2, 0.25) is 5.91 Å². The van der Waals surface area contributed by atoms with Crippen molar-refractivity contribution in [3.05, 3.63) is 70.5 Å². The molecule has 2 aromatic carbocycles. The van der Waals surface area contributed by atoms with E-state index in [2.05, 4.69) is 9.69 Å². The lowest BCUT2D eigenvalue weighted by Gasteiger charge is -2.34. The number of primary amides is 1. The number of nitrogens with zero attached hydrogens (tertiary/aromatic N) is 2. The van der Waals surface area contributed by atoms with Crippen LogP contribution in [0.2, 0.25) is 0 Å². The van der Waals surface area contributed by atoms with Crippen LogP contribution in [-0.2, 0) is 4.79 Å². The number of nitrogens with two attached hydrogens (primary N) is 2. The molecule has 3 aromatic rings. The van der Waals surface area contributed by atoms with Crippen LogP contribution in [0.15, 0.2) is 48.5 Å². The molecule has 0 spiro atoms. The van der Waals surface area contributed by atoms with Crippen molar-refractivity contribution in [2.75, 3.05) is 17.7 Å². The van der Waals surface area contributed by atoms with E-state index in [4.69, 9.17) is 16.2 Å². The van der Waals surface area contributed by atoms with Gasteiger partial charge in [-0.25, -0.2) is 4.39 Å². The maximum Gasteiger partial charge on any atom is 0.273 e. The molecular weight excluding hydrogens is 497 g/mol. The van der Waals surface area contributed by atoms with Gasteiger partial charge >= 0.3 is 0 Å². The minimum absolute atomic E-state index is 0.0474. The number of ether oxygens (including phenoxy) is 1. The fraction of sp³-hybridized carbons (Fsp3) is 0.308. The number of aromatic nitrogens is 1. The molecule has 0 unspecified atom stereocenters. The number of benzene rings is 2. The molecule has 0 radical (unpaired) electrons. The van der Waals surface area contributed by atoms with Gasteiger partial charge in [0.15, 0.2) is 5.69 Å². The van der Waals surface area contributed by atoms with E-state index in [0.29, 0.717) is 22.8 Å². The molecule has 1 aromatic heterocycles. The van der Waals surface area contributed by atoms with Gasteiger partial charge in [-0.3, -0.25) is 19.3 Å². The zero-order valence-electron chi connectivity index (χ0n) is 20.3. The van der Waals surface area contributed by atoms with Crippen LogP contribution < -0.4 is 26.4 Å². The molecule has 37 heavy (non-hydrogen) atoms. The van der Waals surface area contributed by atoms with Gasteiger partial charge < -0.3 is 21.5 Å². The Kier molecular flexibility index (Phi) is 8.02. The molecule has 1 aliphatic rings. The topological polar surface area (TPSA) is 141 Å². The van der Waals surface area contributed by atoms with Crippen LogP contribution in [0.5, 0.6) is 5.75 Å². The fourth-order valence-electron chi connectivity index (χ4n) is 4.52. The number of nitrogens with one attached hydrogen (secondary N) is 1. The number of halogens is 1. The third-order valence-electron chi connectivity index (χ3n) is 6.36. The summed E-state index contributed by atoms with van der Waals surface area (Å²) in [6.45, 7) is 0. The molecule has 0 bridgehead atoms. The van der Waals surface area contributed by atoms with Gasteiger partial charge in [-0.2, -0.15) is 4.37 Å². The Bertz CT molecular complexity index is 1290. The lowest BCUT2D eigenvalue weighted by molar-refractivity contribution is -0.123. The summed E-state index contributed by atoms with van der Waals surface area (Å²) >= 11 is 0.712. The van der Waals surface area contributed by atoms with E-state index < -0.39 is 29.6 Å². The van der Waals surface area contributed by atoms with Crippen LogP contribution >= 0.6 is 11.5 Å². The van der Waals surface area contributed by atoms with Gasteiger partial charge in [0.05, 0.1) is 18.5 Å². The molecule has 0 aliphatic heterocycles. The van der Waals surface area contributed by atoms with E-state index >= 15 is 0 Å². The summed E-state index contributed by atoms with van der Waals surface area (Å²) in [7, 11) is 1.45. The number of carbonyl (C=O) groups is 3. The summed E-state index contributed by atoms with van der Waals surface area (Å²) in [4.78, 5) is 40.9. The number of hydrogen-bond acceptors (Lipinski definition) is 7. The average molecular weight is 526 g/mol. The van der Waals surface area contributed by atoms with Crippen LogP contribution in [0.25, 0.3) is 0 Å². The quantitative estimate of drug-likeness (QED) is 0.408. The van der Waals surface area contributed by atoms with Crippen LogP contribution in [0.4, 0.5) is 15.8 Å². The average Bonchev–Trinajstić information content (AvgIpc) is 3.29. The Balaban J connectivity index is 1.87. The number of para-hydroxylation sites is 2. The lowest BCUT2D eigenvalue weighted by atomic mass is 9.94. The first-order valence-corrected chi connectivity index (χ1v) is 12.7. The van der Waals surface area contributed by atoms with Gasteiger partial charge in [0.1, 0.15) is 22.5 Å². The molecule has 5 N–H and O–H groups in total. The number of methoxy groups -OCH3 is 1. The summed E-state index contributed by atoms with van der Waals surface area (Å²) in [5.74, 6) is -2.15. The van der Waals surface area contributed by atoms with E-state index in [1.54, 1.807) is 24.3 Å². The van der Waals surface area contributed by atoms with E-state index in [9.17, 15) is 18.8 Å². The number of hydrogen-bond donors (Lipinski definition) is 3. The molecule has 4 rings (SSSR count). The lowest BCUT2D eigenvalue weighted by Crippen LogP contribution is -2.47. The zero-order valence-corrected chi connectivity index (χ0v) is 21.1. The highest BCUT2D eigenvalue weighted by atomic mass is 32.1. The number of amides is 3. The summed E-state index contributed by atoms with van der Waals surface area (Å²) in [5.41, 5.74) is 11.7. The fourth-order valence-corrected chi connectivity index (χ4v) is 5.27. The van der Waals surface area contributed by atoms with Gasteiger partial charge in [-0.15, -0.1) is 0 Å². The number of nitrogen functional groups attached to an aromatic ring is 1. The molecule has 9 nitrogen and oxygen atoms in total. The highest BCUT2D eigenvalue weighted by Gasteiger charge is 2.38. The van der Waals surface area contributed by atoms with Crippen LogP contribution in [0.3, 0.4) is 0 Å². The van der Waals surface area contributed by atoms with Gasteiger partial charge in [0, 0.05) is 6.04 Å². The van der Waals surface area contributed by atoms with Crippen molar-refractivity contribution in [1.82, 2.24) is 9.69 Å². The second kappa shape index (κ2) is 11.4. The maximum absolute atomic E-state index is 14.1. The number of anilines is 2. The van der Waals surface area contributed by atoms with E-state index in [0.717, 1.165) is 32.1 Å². The second-order valence-corrected chi connectivity index (χ2v) is 9.56. The predicted molar refractivity (Wildman–Crippen MR) is 139 cm³/mol. The molecule has 1 atom stereocenters. The summed E-state index contributed by atoms with van der Waals surface area (Å²) in [6, 6.07) is 10.8. The Labute approximate surface area is 217 Å². The highest BCUT2D eigenvalue weighted by Crippen LogP contribution is 2.38. The molecular formula is C26H28FN5O4S. The minimum atomic E-state index is -1.20. The number of rotatable bonds is 8. The first kappa shape index (κ1) is 26.1. The van der Waals surface area contributed by atoms with Crippen molar-refractivity contribution in [3.63, 3.8) is 0 Å². The Hall–Kier alpha value is -3.99. The van der Waals surface area contributed by atoms with Crippen LogP contribution in [0, 0.1) is 5.82 Å². The molecule has 0 saturated heterocycles. The first-order chi connectivity index (χ1) is 17.8. The SMILES string of the molecule is COc1ccccc1N(C(=O)c1snc(C(N)=O)c1N)[C@H](C(=O)NC1CCCCC1)c1ccc(F)cc1. The van der Waals surface area contributed by atoms with E-state index in [-0.39, 0.29) is 28.0 Å². The van der Waals surface area contributed by atoms with Crippen LogP contribution in [0.1, 0.15) is 63.9 Å². The second-order valence-electron chi connectivity index (χ2n) is 8.78. The molecule has 194 valence electrons. The van der Waals surface area contributed by atoms with Gasteiger partial charge in [0.25, 0.3) is 11.8 Å². The molecule has 1 aliphatic carbocycles. The summed E-state index contributed by atoms with van der Waals surface area (Å²) in [5, 5.41) is 3.08. The smallest absolute Gasteiger partial charge is 0.273 e. The van der Waals surface area contributed by atoms with Crippen LogP contribution in [-0.4, -0.2) is 35.2 Å². The Morgan fingerprint density at radius 1 is 1.11 bits per heavy atom. The van der Waals surface area contributed by atoms with Crippen molar-refractivity contribution >= 4 is 40.6 Å². The molecule has 1 saturated carbocycles. The maximum atomic E-state index is 14.1. The standard InChI is InChI=1S/C26H28FN5O4S/c1-36-19-10-6-5-9-18(19)32(26(35)23-20(28)21(24(29)33)31-37-23)22(15-11-13-16(27)14-12-15)25(34)30-17-7-3-2-4-8-17/h5-6,9-14,17,22H,2-4,7-8,28H2,1H3,(H2,29,33)(H,30,34)/t22-/m0/s1. The third-order valence-corrected chi connectivity index (χ3v) is 7.21.